The van der Waals surface area contributed by atoms with Gasteiger partial charge < -0.3 is 5.32 Å². The second-order valence-corrected chi connectivity index (χ2v) is 7.01. The van der Waals surface area contributed by atoms with E-state index in [1.54, 1.807) is 0 Å². The SMILES string of the molecule is CCC(C)C(CS(=O)c1ccc(C(C)C)cc1)NC. The molecule has 0 bridgehead atoms. The average Bonchev–Trinajstić information content (AvgIpc) is 2.43. The molecule has 19 heavy (non-hydrogen) atoms. The van der Waals surface area contributed by atoms with Crippen molar-refractivity contribution in [2.75, 3.05) is 12.8 Å². The van der Waals surface area contributed by atoms with Gasteiger partial charge in [-0.1, -0.05) is 46.2 Å². The summed E-state index contributed by atoms with van der Waals surface area (Å²) >= 11 is 0. The highest BCUT2D eigenvalue weighted by Gasteiger charge is 2.17. The van der Waals surface area contributed by atoms with Crippen molar-refractivity contribution in [3.05, 3.63) is 29.8 Å². The Kier molecular flexibility index (Phi) is 6.73. The first-order valence-corrected chi connectivity index (χ1v) is 8.47. The topological polar surface area (TPSA) is 29.1 Å². The Bertz CT molecular complexity index is 400. The zero-order chi connectivity index (χ0) is 14.4. The third kappa shape index (κ3) is 4.73. The molecular weight excluding hydrogens is 254 g/mol. The van der Waals surface area contributed by atoms with E-state index in [0.29, 0.717) is 23.6 Å². The van der Waals surface area contributed by atoms with Crippen LogP contribution >= 0.6 is 0 Å². The van der Waals surface area contributed by atoms with Gasteiger partial charge in [-0.3, -0.25) is 4.21 Å². The standard InChI is InChI=1S/C16H27NOS/c1-6-13(4)16(17-5)11-19(18)15-9-7-14(8-10-15)12(2)3/h7-10,12-13,16-17H,6,11H2,1-5H3. The summed E-state index contributed by atoms with van der Waals surface area (Å²) in [4.78, 5) is 0.938. The van der Waals surface area contributed by atoms with Gasteiger partial charge in [0.25, 0.3) is 0 Å². The summed E-state index contributed by atoms with van der Waals surface area (Å²) in [5.41, 5.74) is 1.30. The third-order valence-corrected chi connectivity index (χ3v) is 5.30. The maximum atomic E-state index is 12.4. The van der Waals surface area contributed by atoms with Crippen molar-refractivity contribution in [2.24, 2.45) is 5.92 Å². The van der Waals surface area contributed by atoms with E-state index in [2.05, 4.69) is 45.1 Å². The van der Waals surface area contributed by atoms with Gasteiger partial charge in [0, 0.05) is 16.7 Å². The van der Waals surface area contributed by atoms with Crippen LogP contribution in [0.25, 0.3) is 0 Å². The lowest BCUT2D eigenvalue weighted by atomic mass is 10.0. The molecular formula is C16H27NOS. The van der Waals surface area contributed by atoms with Crippen molar-refractivity contribution in [3.8, 4) is 0 Å². The smallest absolute Gasteiger partial charge is 0.0545 e. The number of benzene rings is 1. The summed E-state index contributed by atoms with van der Waals surface area (Å²) in [6, 6.07) is 8.52. The van der Waals surface area contributed by atoms with E-state index < -0.39 is 10.8 Å². The van der Waals surface area contributed by atoms with E-state index in [9.17, 15) is 4.21 Å². The van der Waals surface area contributed by atoms with Crippen LogP contribution in [-0.4, -0.2) is 23.1 Å². The first-order chi connectivity index (χ1) is 8.99. The molecule has 0 aliphatic carbocycles. The van der Waals surface area contributed by atoms with Crippen molar-refractivity contribution in [1.82, 2.24) is 5.32 Å². The number of hydrogen-bond acceptors (Lipinski definition) is 2. The second-order valence-electron chi connectivity index (χ2n) is 5.52. The molecule has 0 amide bonds. The Morgan fingerprint density at radius 1 is 1.16 bits per heavy atom. The predicted octanol–water partition coefficient (Wildman–Crippen LogP) is 3.55. The molecule has 3 atom stereocenters. The first kappa shape index (κ1) is 16.4. The van der Waals surface area contributed by atoms with Crippen LogP contribution in [0.15, 0.2) is 29.2 Å². The van der Waals surface area contributed by atoms with Gasteiger partial charge in [0.2, 0.25) is 0 Å². The zero-order valence-corrected chi connectivity index (χ0v) is 13.6. The monoisotopic (exact) mass is 281 g/mol. The fraction of sp³-hybridized carbons (Fsp3) is 0.625. The maximum Gasteiger partial charge on any atom is 0.0545 e. The van der Waals surface area contributed by atoms with Gasteiger partial charge in [0.1, 0.15) is 0 Å². The number of rotatable bonds is 7. The highest BCUT2D eigenvalue weighted by molar-refractivity contribution is 7.85. The quantitative estimate of drug-likeness (QED) is 0.828. The van der Waals surface area contributed by atoms with Gasteiger partial charge in [-0.05, 0) is 36.6 Å². The lowest BCUT2D eigenvalue weighted by molar-refractivity contribution is 0.418. The lowest BCUT2D eigenvalue weighted by Crippen LogP contribution is -2.36. The molecule has 1 N–H and O–H groups in total. The van der Waals surface area contributed by atoms with Crippen LogP contribution in [0.2, 0.25) is 0 Å². The van der Waals surface area contributed by atoms with Crippen molar-refractivity contribution >= 4 is 10.8 Å². The Balaban J connectivity index is 2.72. The molecule has 3 unspecified atom stereocenters. The van der Waals surface area contributed by atoms with E-state index in [-0.39, 0.29) is 0 Å². The minimum absolute atomic E-state index is 0.315. The summed E-state index contributed by atoms with van der Waals surface area (Å²) in [6.45, 7) is 8.73. The Morgan fingerprint density at radius 3 is 2.16 bits per heavy atom. The van der Waals surface area contributed by atoms with Crippen LogP contribution in [0.1, 0.15) is 45.6 Å². The van der Waals surface area contributed by atoms with E-state index in [4.69, 9.17) is 0 Å². The van der Waals surface area contributed by atoms with Crippen molar-refractivity contribution < 1.29 is 4.21 Å². The van der Waals surface area contributed by atoms with Crippen LogP contribution in [0.4, 0.5) is 0 Å². The molecule has 0 fully saturated rings. The highest BCUT2D eigenvalue weighted by Crippen LogP contribution is 2.18. The molecule has 1 aromatic carbocycles. The number of hydrogen-bond donors (Lipinski definition) is 1. The minimum atomic E-state index is -0.920. The van der Waals surface area contributed by atoms with Crippen LogP contribution in [0, 0.1) is 5.92 Å². The summed E-state index contributed by atoms with van der Waals surface area (Å²) in [5, 5.41) is 3.29. The summed E-state index contributed by atoms with van der Waals surface area (Å²) in [5.74, 6) is 1.75. The molecule has 0 saturated heterocycles. The molecule has 1 rings (SSSR count). The molecule has 0 spiro atoms. The van der Waals surface area contributed by atoms with Crippen molar-refractivity contribution in [3.63, 3.8) is 0 Å². The largest absolute Gasteiger partial charge is 0.316 e. The van der Waals surface area contributed by atoms with Gasteiger partial charge in [-0.2, -0.15) is 0 Å². The maximum absolute atomic E-state index is 12.4. The van der Waals surface area contributed by atoms with Gasteiger partial charge in [-0.25, -0.2) is 0 Å². The predicted molar refractivity (Wildman–Crippen MR) is 84.1 cm³/mol. The Morgan fingerprint density at radius 2 is 1.74 bits per heavy atom. The van der Waals surface area contributed by atoms with Crippen LogP contribution in [0.5, 0.6) is 0 Å². The van der Waals surface area contributed by atoms with Crippen LogP contribution in [0.3, 0.4) is 0 Å². The molecule has 0 heterocycles. The number of nitrogens with one attached hydrogen (secondary N) is 1. The molecule has 0 saturated carbocycles. The Labute approximate surface area is 120 Å². The third-order valence-electron chi connectivity index (χ3n) is 3.84. The van der Waals surface area contributed by atoms with Gasteiger partial charge in [0.15, 0.2) is 0 Å². The molecule has 0 aliphatic rings. The van der Waals surface area contributed by atoms with Crippen molar-refractivity contribution in [2.45, 2.75) is 51.0 Å². The van der Waals surface area contributed by atoms with Crippen molar-refractivity contribution in [1.29, 1.82) is 0 Å². The summed E-state index contributed by atoms with van der Waals surface area (Å²) in [6.07, 6.45) is 1.11. The van der Waals surface area contributed by atoms with Gasteiger partial charge in [-0.15, -0.1) is 0 Å². The zero-order valence-electron chi connectivity index (χ0n) is 12.8. The van der Waals surface area contributed by atoms with E-state index in [0.717, 1.165) is 11.3 Å². The van der Waals surface area contributed by atoms with Crippen LogP contribution < -0.4 is 5.32 Å². The Hall–Kier alpha value is -0.670. The van der Waals surface area contributed by atoms with E-state index in [1.807, 2.05) is 19.2 Å². The molecule has 3 heteroatoms. The molecule has 108 valence electrons. The lowest BCUT2D eigenvalue weighted by Gasteiger charge is -2.22. The first-order valence-electron chi connectivity index (χ1n) is 7.15. The molecule has 0 aliphatic heterocycles. The van der Waals surface area contributed by atoms with E-state index >= 15 is 0 Å². The van der Waals surface area contributed by atoms with Gasteiger partial charge in [0.05, 0.1) is 10.8 Å². The molecule has 1 aromatic rings. The fourth-order valence-corrected chi connectivity index (χ4v) is 3.53. The fourth-order valence-electron chi connectivity index (χ4n) is 2.08. The molecule has 2 nitrogen and oxygen atoms in total. The normalized spacial score (nSPS) is 16.3. The molecule has 0 radical (unpaired) electrons. The summed E-state index contributed by atoms with van der Waals surface area (Å²) < 4.78 is 12.4. The van der Waals surface area contributed by atoms with E-state index in [1.165, 1.54) is 5.56 Å². The van der Waals surface area contributed by atoms with Gasteiger partial charge >= 0.3 is 0 Å². The molecule has 0 aromatic heterocycles. The minimum Gasteiger partial charge on any atom is -0.316 e. The van der Waals surface area contributed by atoms with Crippen LogP contribution in [-0.2, 0) is 10.8 Å². The second kappa shape index (κ2) is 7.81. The summed E-state index contributed by atoms with van der Waals surface area (Å²) in [7, 11) is 1.03. The average molecular weight is 281 g/mol. The highest BCUT2D eigenvalue weighted by atomic mass is 32.2.